The van der Waals surface area contributed by atoms with Crippen LogP contribution in [0.2, 0.25) is 0 Å². The minimum atomic E-state index is -4.61. The fourth-order valence-electron chi connectivity index (χ4n) is 1.94. The van der Waals surface area contributed by atoms with Gasteiger partial charge < -0.3 is 21.3 Å². The number of hydrogen-bond acceptors (Lipinski definition) is 4. The molecule has 0 saturated heterocycles. The Morgan fingerprint density at radius 1 is 1.15 bits per heavy atom. The molecule has 1 aromatic rings. The van der Waals surface area contributed by atoms with Crippen LogP contribution in [0.5, 0.6) is 0 Å². The highest BCUT2D eigenvalue weighted by Crippen LogP contribution is 2.34. The molecule has 11 heteroatoms. The number of halogens is 4. The van der Waals surface area contributed by atoms with Crippen molar-refractivity contribution < 1.29 is 27.6 Å². The molecule has 0 aromatic heterocycles. The SMILES string of the molecule is CCN(CC(=O)Nc1ccccc1C(F)(F)F)C(=O)CNC(=O)CN.Cl. The van der Waals surface area contributed by atoms with Gasteiger partial charge in [0.2, 0.25) is 17.7 Å². The molecule has 0 aliphatic carbocycles. The highest BCUT2D eigenvalue weighted by Gasteiger charge is 2.33. The van der Waals surface area contributed by atoms with Gasteiger partial charge in [0.1, 0.15) is 0 Å². The number of likely N-dealkylation sites (N-methyl/N-ethyl adjacent to an activating group) is 1. The number of hydrogen-bond donors (Lipinski definition) is 3. The molecule has 1 rings (SSSR count). The molecule has 1 aromatic carbocycles. The lowest BCUT2D eigenvalue weighted by Gasteiger charge is -2.21. The first kappa shape index (κ1) is 23.7. The van der Waals surface area contributed by atoms with Crippen molar-refractivity contribution in [1.82, 2.24) is 10.2 Å². The van der Waals surface area contributed by atoms with Crippen LogP contribution in [-0.4, -0.2) is 48.8 Å². The normalized spacial score (nSPS) is 10.5. The molecule has 0 fully saturated rings. The summed E-state index contributed by atoms with van der Waals surface area (Å²) in [5, 5.41) is 4.42. The second-order valence-corrected chi connectivity index (χ2v) is 4.98. The van der Waals surface area contributed by atoms with Gasteiger partial charge in [-0.1, -0.05) is 12.1 Å². The summed E-state index contributed by atoms with van der Waals surface area (Å²) in [4.78, 5) is 36.0. The van der Waals surface area contributed by atoms with E-state index in [9.17, 15) is 27.6 Å². The number of carbonyl (C=O) groups excluding carboxylic acids is 3. The molecule has 146 valence electrons. The summed E-state index contributed by atoms with van der Waals surface area (Å²) < 4.78 is 38.7. The van der Waals surface area contributed by atoms with E-state index in [4.69, 9.17) is 5.73 Å². The molecule has 0 heterocycles. The molecule has 0 aliphatic rings. The summed E-state index contributed by atoms with van der Waals surface area (Å²) in [6.07, 6.45) is -4.61. The predicted octanol–water partition coefficient (Wildman–Crippen LogP) is 0.989. The fraction of sp³-hybridized carbons (Fsp3) is 0.400. The van der Waals surface area contributed by atoms with E-state index < -0.39 is 36.0 Å². The van der Waals surface area contributed by atoms with Crippen molar-refractivity contribution in [3.05, 3.63) is 29.8 Å². The standard InChI is InChI=1S/C15H19F3N4O3.ClH/c1-2-22(14(25)8-20-12(23)7-19)9-13(24)21-11-6-4-3-5-10(11)15(16,17)18;/h3-6H,2,7-9,19H2,1H3,(H,20,23)(H,21,24);1H. The zero-order valence-corrected chi connectivity index (χ0v) is 14.7. The highest BCUT2D eigenvalue weighted by atomic mass is 35.5. The van der Waals surface area contributed by atoms with E-state index in [1.165, 1.54) is 12.1 Å². The monoisotopic (exact) mass is 396 g/mol. The molecule has 4 N–H and O–H groups in total. The van der Waals surface area contributed by atoms with Crippen LogP contribution in [0.4, 0.5) is 18.9 Å². The number of nitrogens with two attached hydrogens (primary N) is 1. The maximum Gasteiger partial charge on any atom is 0.418 e. The summed E-state index contributed by atoms with van der Waals surface area (Å²) >= 11 is 0. The van der Waals surface area contributed by atoms with Gasteiger partial charge in [-0.25, -0.2) is 0 Å². The van der Waals surface area contributed by atoms with Crippen molar-refractivity contribution >= 4 is 35.8 Å². The van der Waals surface area contributed by atoms with Crippen LogP contribution in [0.1, 0.15) is 12.5 Å². The van der Waals surface area contributed by atoms with Crippen LogP contribution in [0.15, 0.2) is 24.3 Å². The van der Waals surface area contributed by atoms with Gasteiger partial charge in [-0.2, -0.15) is 13.2 Å². The molecule has 7 nitrogen and oxygen atoms in total. The number of nitrogens with zero attached hydrogens (tertiary/aromatic N) is 1. The van der Waals surface area contributed by atoms with E-state index in [-0.39, 0.29) is 37.7 Å². The first-order valence-corrected chi connectivity index (χ1v) is 7.39. The first-order chi connectivity index (χ1) is 11.7. The topological polar surface area (TPSA) is 105 Å². The Balaban J connectivity index is 0.00000625. The van der Waals surface area contributed by atoms with E-state index >= 15 is 0 Å². The summed E-state index contributed by atoms with van der Waals surface area (Å²) in [6.45, 7) is 0.662. The predicted molar refractivity (Wildman–Crippen MR) is 91.6 cm³/mol. The van der Waals surface area contributed by atoms with Gasteiger partial charge in [0.05, 0.1) is 30.9 Å². The Hall–Kier alpha value is -2.33. The molecule has 26 heavy (non-hydrogen) atoms. The molecular weight excluding hydrogens is 377 g/mol. The Labute approximate surface area is 154 Å². The van der Waals surface area contributed by atoms with Crippen molar-refractivity contribution in [2.24, 2.45) is 5.73 Å². The Kier molecular flexibility index (Phi) is 9.66. The third-order valence-electron chi connectivity index (χ3n) is 3.20. The van der Waals surface area contributed by atoms with Gasteiger partial charge in [0.15, 0.2) is 0 Å². The van der Waals surface area contributed by atoms with Crippen LogP contribution in [0.3, 0.4) is 0 Å². The van der Waals surface area contributed by atoms with Crippen LogP contribution < -0.4 is 16.4 Å². The summed E-state index contributed by atoms with van der Waals surface area (Å²) in [5.41, 5.74) is 3.72. The van der Waals surface area contributed by atoms with E-state index in [1.807, 2.05) is 0 Å². The summed E-state index contributed by atoms with van der Waals surface area (Å²) in [5.74, 6) is -1.87. The lowest BCUT2D eigenvalue weighted by molar-refractivity contribution is -0.137. The Bertz CT molecular complexity index is 641. The first-order valence-electron chi connectivity index (χ1n) is 7.39. The molecule has 3 amide bonds. The number of alkyl halides is 3. The number of carbonyl (C=O) groups is 3. The van der Waals surface area contributed by atoms with Crippen LogP contribution in [-0.2, 0) is 20.6 Å². The molecule has 0 unspecified atom stereocenters. The smallest absolute Gasteiger partial charge is 0.346 e. The quantitative estimate of drug-likeness (QED) is 0.639. The largest absolute Gasteiger partial charge is 0.418 e. The molecule has 0 saturated carbocycles. The summed E-state index contributed by atoms with van der Waals surface area (Å²) in [7, 11) is 0. The van der Waals surface area contributed by atoms with Gasteiger partial charge in [-0.3, -0.25) is 14.4 Å². The van der Waals surface area contributed by atoms with E-state index in [2.05, 4.69) is 10.6 Å². The third-order valence-corrected chi connectivity index (χ3v) is 3.20. The fourth-order valence-corrected chi connectivity index (χ4v) is 1.94. The number of para-hydroxylation sites is 1. The number of rotatable bonds is 7. The lowest BCUT2D eigenvalue weighted by atomic mass is 10.1. The third kappa shape index (κ3) is 7.28. The van der Waals surface area contributed by atoms with Crippen molar-refractivity contribution in [2.75, 3.05) is 31.5 Å². The van der Waals surface area contributed by atoms with Crippen LogP contribution >= 0.6 is 12.4 Å². The van der Waals surface area contributed by atoms with Crippen LogP contribution in [0, 0.1) is 0 Å². The maximum atomic E-state index is 12.9. The second kappa shape index (κ2) is 10.6. The van der Waals surface area contributed by atoms with Gasteiger partial charge in [0, 0.05) is 6.54 Å². The molecule has 0 bridgehead atoms. The van der Waals surface area contributed by atoms with Gasteiger partial charge in [-0.05, 0) is 19.1 Å². The average molecular weight is 397 g/mol. The second-order valence-electron chi connectivity index (χ2n) is 4.98. The lowest BCUT2D eigenvalue weighted by Crippen LogP contribution is -2.44. The van der Waals surface area contributed by atoms with Crippen molar-refractivity contribution in [2.45, 2.75) is 13.1 Å². The number of benzene rings is 1. The molecule has 0 spiro atoms. The van der Waals surface area contributed by atoms with Gasteiger partial charge >= 0.3 is 6.18 Å². The molecule has 0 atom stereocenters. The molecular formula is C15H20ClF3N4O3. The average Bonchev–Trinajstić information content (AvgIpc) is 2.56. The highest BCUT2D eigenvalue weighted by molar-refractivity contribution is 5.96. The van der Waals surface area contributed by atoms with Crippen molar-refractivity contribution in [3.63, 3.8) is 0 Å². The van der Waals surface area contributed by atoms with E-state index in [1.54, 1.807) is 6.92 Å². The van der Waals surface area contributed by atoms with E-state index in [0.717, 1.165) is 17.0 Å². The van der Waals surface area contributed by atoms with Gasteiger partial charge in [-0.15, -0.1) is 12.4 Å². The van der Waals surface area contributed by atoms with Crippen molar-refractivity contribution in [1.29, 1.82) is 0 Å². The minimum Gasteiger partial charge on any atom is -0.346 e. The molecule has 0 radical (unpaired) electrons. The zero-order valence-electron chi connectivity index (χ0n) is 13.9. The number of nitrogens with one attached hydrogen (secondary N) is 2. The molecule has 0 aliphatic heterocycles. The number of amides is 3. The minimum absolute atomic E-state index is 0. The Morgan fingerprint density at radius 3 is 2.31 bits per heavy atom. The van der Waals surface area contributed by atoms with E-state index in [0.29, 0.717) is 0 Å². The van der Waals surface area contributed by atoms with Crippen LogP contribution in [0.25, 0.3) is 0 Å². The zero-order chi connectivity index (χ0) is 19.0. The summed E-state index contributed by atoms with van der Waals surface area (Å²) in [6, 6.07) is 4.54. The Morgan fingerprint density at radius 2 is 1.77 bits per heavy atom. The number of anilines is 1. The van der Waals surface area contributed by atoms with Crippen molar-refractivity contribution in [3.8, 4) is 0 Å². The van der Waals surface area contributed by atoms with Gasteiger partial charge in [0.25, 0.3) is 0 Å². The maximum absolute atomic E-state index is 12.9.